The molecular weight excluding hydrogens is 421 g/mol. The Bertz CT molecular complexity index is 1410. The fourth-order valence-electron chi connectivity index (χ4n) is 3.99. The molecule has 0 amide bonds. The minimum absolute atomic E-state index is 0.101. The maximum Gasteiger partial charge on any atom is 0.416 e. The van der Waals surface area contributed by atoms with Crippen LogP contribution in [0.4, 0.5) is 19.0 Å². The highest BCUT2D eigenvalue weighted by Gasteiger charge is 2.30. The molecule has 0 spiro atoms. The van der Waals surface area contributed by atoms with Crippen LogP contribution in [-0.4, -0.2) is 29.4 Å². The number of aromatic nitrogens is 5. The van der Waals surface area contributed by atoms with Crippen LogP contribution in [0.3, 0.4) is 0 Å². The van der Waals surface area contributed by atoms with Crippen LogP contribution in [-0.2, 0) is 25.7 Å². The van der Waals surface area contributed by atoms with Crippen LogP contribution in [0.5, 0.6) is 0 Å². The number of aliphatic imine (C=N–C) groups is 1. The third kappa shape index (κ3) is 3.41. The molecule has 10 heteroatoms. The highest BCUT2D eigenvalue weighted by Crippen LogP contribution is 2.30. The fourth-order valence-corrected chi connectivity index (χ4v) is 3.99. The van der Waals surface area contributed by atoms with E-state index in [2.05, 4.69) is 15.1 Å². The summed E-state index contributed by atoms with van der Waals surface area (Å²) in [4.78, 5) is 22.0. The number of nitrogens with zero attached hydrogens (tertiary/aromatic N) is 6. The zero-order valence-electron chi connectivity index (χ0n) is 17.2. The summed E-state index contributed by atoms with van der Waals surface area (Å²) in [5, 5.41) is 4.28. The molecule has 0 aliphatic carbocycles. The third-order valence-electron chi connectivity index (χ3n) is 5.46. The topological polar surface area (TPSA) is 69.5 Å². The average Bonchev–Trinajstić information content (AvgIpc) is 3.49. The number of fused-ring (bicyclic) bond motifs is 3. The molecule has 4 aromatic rings. The summed E-state index contributed by atoms with van der Waals surface area (Å²) in [7, 11) is 0. The molecule has 0 bridgehead atoms. The Balaban J connectivity index is 1.44. The number of halogens is 3. The van der Waals surface area contributed by atoms with E-state index in [1.54, 1.807) is 40.1 Å². The highest BCUT2D eigenvalue weighted by atomic mass is 19.4. The number of alkyl halides is 3. The van der Waals surface area contributed by atoms with Crippen molar-refractivity contribution in [1.29, 1.82) is 0 Å². The van der Waals surface area contributed by atoms with Crippen LogP contribution in [0.1, 0.15) is 35.6 Å². The number of hydrogen-bond acceptors (Lipinski definition) is 4. The van der Waals surface area contributed by atoms with E-state index in [0.29, 0.717) is 41.4 Å². The first-order valence-corrected chi connectivity index (χ1v) is 10.2. The van der Waals surface area contributed by atoms with Crippen molar-refractivity contribution >= 4 is 17.3 Å². The van der Waals surface area contributed by atoms with Gasteiger partial charge in [0.15, 0.2) is 0 Å². The van der Waals surface area contributed by atoms with Gasteiger partial charge in [-0.2, -0.15) is 18.3 Å². The number of aryl methyl sites for hydroxylation is 1. The van der Waals surface area contributed by atoms with Gasteiger partial charge in [-0.15, -0.1) is 0 Å². The molecule has 3 aromatic heterocycles. The van der Waals surface area contributed by atoms with Crippen molar-refractivity contribution in [3.8, 4) is 0 Å². The zero-order valence-corrected chi connectivity index (χ0v) is 17.2. The van der Waals surface area contributed by atoms with Crippen molar-refractivity contribution in [3.05, 3.63) is 81.7 Å². The molecule has 32 heavy (non-hydrogen) atoms. The molecule has 0 saturated heterocycles. The summed E-state index contributed by atoms with van der Waals surface area (Å²) < 4.78 is 44.0. The van der Waals surface area contributed by atoms with Crippen LogP contribution in [0.25, 0.3) is 5.78 Å². The summed E-state index contributed by atoms with van der Waals surface area (Å²) in [6.07, 6.45) is 3.55. The summed E-state index contributed by atoms with van der Waals surface area (Å²) in [5.41, 5.74) is 1.72. The lowest BCUT2D eigenvalue weighted by Gasteiger charge is -2.09. The smallest absolute Gasteiger partial charge is 0.278 e. The monoisotopic (exact) mass is 440 g/mol. The molecule has 1 aliphatic rings. The van der Waals surface area contributed by atoms with Crippen molar-refractivity contribution in [3.63, 3.8) is 0 Å². The summed E-state index contributed by atoms with van der Waals surface area (Å²) in [5.74, 6) is 1.12. The normalized spacial score (nSPS) is 13.6. The molecule has 0 radical (unpaired) electrons. The van der Waals surface area contributed by atoms with Gasteiger partial charge < -0.3 is 0 Å². The van der Waals surface area contributed by atoms with Crippen molar-refractivity contribution < 1.29 is 13.2 Å². The number of benzene rings is 1. The SMILES string of the molecule is CCCn1c(=O)c2c(n3ccnc13)N=C(c1cnn(Cc3cccc(C(F)(F)F)c3)c1)C2. The van der Waals surface area contributed by atoms with Gasteiger partial charge in [0.2, 0.25) is 5.78 Å². The average molecular weight is 440 g/mol. The number of hydrogen-bond donors (Lipinski definition) is 0. The molecule has 5 rings (SSSR count). The van der Waals surface area contributed by atoms with Gasteiger partial charge in [0, 0.05) is 37.1 Å². The second kappa shape index (κ2) is 7.47. The maximum absolute atomic E-state index is 13.0. The Morgan fingerprint density at radius 3 is 2.84 bits per heavy atom. The Labute approximate surface area is 180 Å². The van der Waals surface area contributed by atoms with E-state index in [1.807, 2.05) is 11.3 Å². The van der Waals surface area contributed by atoms with Gasteiger partial charge in [0.05, 0.1) is 29.6 Å². The lowest BCUT2D eigenvalue weighted by atomic mass is 10.1. The van der Waals surface area contributed by atoms with Crippen LogP contribution < -0.4 is 5.56 Å². The molecule has 0 fully saturated rings. The van der Waals surface area contributed by atoms with Crippen LogP contribution in [0, 0.1) is 0 Å². The van der Waals surface area contributed by atoms with E-state index >= 15 is 0 Å². The van der Waals surface area contributed by atoms with Gasteiger partial charge in [0.25, 0.3) is 5.56 Å². The van der Waals surface area contributed by atoms with Gasteiger partial charge >= 0.3 is 6.18 Å². The van der Waals surface area contributed by atoms with E-state index in [4.69, 9.17) is 0 Å². The Morgan fingerprint density at radius 2 is 2.06 bits per heavy atom. The van der Waals surface area contributed by atoms with Gasteiger partial charge in [-0.05, 0) is 24.1 Å². The van der Waals surface area contributed by atoms with Gasteiger partial charge in [-0.1, -0.05) is 19.1 Å². The first-order chi connectivity index (χ1) is 15.3. The van der Waals surface area contributed by atoms with Gasteiger partial charge in [-0.3, -0.25) is 18.4 Å². The largest absolute Gasteiger partial charge is 0.416 e. The van der Waals surface area contributed by atoms with Crippen molar-refractivity contribution in [2.24, 2.45) is 4.99 Å². The summed E-state index contributed by atoms with van der Waals surface area (Å²) in [6.45, 7) is 2.76. The van der Waals surface area contributed by atoms with E-state index in [-0.39, 0.29) is 12.1 Å². The van der Waals surface area contributed by atoms with Crippen LogP contribution in [0.15, 0.2) is 58.8 Å². The number of rotatable bonds is 5. The molecule has 0 unspecified atom stereocenters. The summed E-state index contributed by atoms with van der Waals surface area (Å²) in [6, 6.07) is 5.18. The lowest BCUT2D eigenvalue weighted by molar-refractivity contribution is -0.137. The lowest BCUT2D eigenvalue weighted by Crippen LogP contribution is -2.26. The van der Waals surface area contributed by atoms with Gasteiger partial charge in [0.1, 0.15) is 5.82 Å². The third-order valence-corrected chi connectivity index (χ3v) is 5.46. The second-order valence-corrected chi connectivity index (χ2v) is 7.72. The molecule has 164 valence electrons. The molecule has 0 N–H and O–H groups in total. The minimum atomic E-state index is -4.39. The van der Waals surface area contributed by atoms with Gasteiger partial charge in [-0.25, -0.2) is 9.98 Å². The van der Waals surface area contributed by atoms with E-state index < -0.39 is 11.7 Å². The Kier molecular flexibility index (Phi) is 4.72. The number of imidazole rings is 1. The standard InChI is InChI=1S/C22H19F3N6O/c1-2-7-31-20(32)17-10-18(28-19(17)30-8-6-26-21(30)31)15-11-27-29(13-15)12-14-4-3-5-16(9-14)22(23,24)25/h3-6,8-9,11,13H,2,7,10,12H2,1H3. The van der Waals surface area contributed by atoms with Crippen LogP contribution >= 0.6 is 0 Å². The first kappa shape index (κ1) is 20.2. The Morgan fingerprint density at radius 1 is 1.22 bits per heavy atom. The quantitative estimate of drug-likeness (QED) is 0.474. The molecule has 7 nitrogen and oxygen atoms in total. The van der Waals surface area contributed by atoms with E-state index in [9.17, 15) is 18.0 Å². The second-order valence-electron chi connectivity index (χ2n) is 7.72. The molecular formula is C22H19F3N6O. The van der Waals surface area contributed by atoms with Crippen molar-refractivity contribution in [2.45, 2.75) is 39.0 Å². The molecule has 1 aromatic carbocycles. The highest BCUT2D eigenvalue weighted by molar-refractivity contribution is 6.05. The first-order valence-electron chi connectivity index (χ1n) is 10.2. The molecule has 1 aliphatic heterocycles. The van der Waals surface area contributed by atoms with Crippen molar-refractivity contribution in [2.75, 3.05) is 0 Å². The Hall–Kier alpha value is -3.69. The fraction of sp³-hybridized carbons (Fsp3) is 0.273. The van der Waals surface area contributed by atoms with E-state index in [1.165, 1.54) is 6.07 Å². The van der Waals surface area contributed by atoms with E-state index in [0.717, 1.165) is 24.1 Å². The molecule has 4 heterocycles. The summed E-state index contributed by atoms with van der Waals surface area (Å²) >= 11 is 0. The van der Waals surface area contributed by atoms with Crippen LogP contribution in [0.2, 0.25) is 0 Å². The predicted molar refractivity (Wildman–Crippen MR) is 112 cm³/mol. The minimum Gasteiger partial charge on any atom is -0.278 e. The predicted octanol–water partition coefficient (Wildman–Crippen LogP) is 3.85. The molecule has 0 saturated carbocycles. The maximum atomic E-state index is 13.0. The molecule has 0 atom stereocenters. The zero-order chi connectivity index (χ0) is 22.5. The van der Waals surface area contributed by atoms with Crippen molar-refractivity contribution in [1.82, 2.24) is 23.7 Å².